The van der Waals surface area contributed by atoms with Gasteiger partial charge in [0.25, 0.3) is 0 Å². The van der Waals surface area contributed by atoms with E-state index in [-0.39, 0.29) is 11.8 Å². The zero-order chi connectivity index (χ0) is 18.8. The van der Waals surface area contributed by atoms with E-state index in [1.165, 1.54) is 0 Å². The van der Waals surface area contributed by atoms with Crippen molar-refractivity contribution in [2.45, 2.75) is 57.5 Å². The number of amides is 1. The Hall–Kier alpha value is -2.13. The molecule has 2 aliphatic heterocycles. The molecule has 1 aliphatic carbocycles. The average molecular weight is 367 g/mol. The summed E-state index contributed by atoms with van der Waals surface area (Å²) >= 11 is 0. The Morgan fingerprint density at radius 1 is 1.19 bits per heavy atom. The molecule has 3 aliphatic rings. The van der Waals surface area contributed by atoms with Gasteiger partial charge in [0.1, 0.15) is 11.9 Å². The standard InChI is InChI=1S/C21H29N5O/c1-15-4-5-16(13-22)20(23-15)25-11-8-19(9-12-25)26-10-2-3-17(14-26)21(27)24-18-6-7-18/h4-5,17-19H,2-3,6-12,14H2,1H3,(H,24,27)/t17-/m1/s1. The molecule has 4 rings (SSSR count). The number of likely N-dealkylation sites (tertiary alicyclic amines) is 1. The smallest absolute Gasteiger partial charge is 0.224 e. The van der Waals surface area contributed by atoms with Gasteiger partial charge in [0.15, 0.2) is 0 Å². The lowest BCUT2D eigenvalue weighted by Gasteiger charge is -2.42. The summed E-state index contributed by atoms with van der Waals surface area (Å²) in [6, 6.07) is 7.03. The summed E-state index contributed by atoms with van der Waals surface area (Å²) in [5.41, 5.74) is 1.61. The van der Waals surface area contributed by atoms with Crippen LogP contribution in [0, 0.1) is 24.2 Å². The van der Waals surface area contributed by atoms with E-state index in [0.29, 0.717) is 17.6 Å². The largest absolute Gasteiger partial charge is 0.355 e. The van der Waals surface area contributed by atoms with Crippen molar-refractivity contribution in [3.05, 3.63) is 23.4 Å². The van der Waals surface area contributed by atoms with Gasteiger partial charge in [-0.05, 0) is 64.1 Å². The van der Waals surface area contributed by atoms with E-state index < -0.39 is 0 Å². The lowest BCUT2D eigenvalue weighted by atomic mass is 9.93. The maximum atomic E-state index is 12.4. The fourth-order valence-electron chi connectivity index (χ4n) is 4.41. The fraction of sp³-hybridized carbons (Fsp3) is 0.667. The van der Waals surface area contributed by atoms with Crippen LogP contribution in [0.25, 0.3) is 0 Å². The van der Waals surface area contributed by atoms with Gasteiger partial charge in [0, 0.05) is 37.4 Å². The first-order valence-corrected chi connectivity index (χ1v) is 10.3. The third-order valence-corrected chi connectivity index (χ3v) is 6.16. The van der Waals surface area contributed by atoms with Crippen LogP contribution in [0.1, 0.15) is 49.8 Å². The molecular weight excluding hydrogens is 338 g/mol. The number of pyridine rings is 1. The predicted molar refractivity (Wildman–Crippen MR) is 104 cm³/mol. The van der Waals surface area contributed by atoms with Crippen LogP contribution in [0.2, 0.25) is 0 Å². The third-order valence-electron chi connectivity index (χ3n) is 6.16. The first-order valence-electron chi connectivity index (χ1n) is 10.3. The van der Waals surface area contributed by atoms with Crippen LogP contribution in [0.3, 0.4) is 0 Å². The van der Waals surface area contributed by atoms with Crippen molar-refractivity contribution in [3.8, 4) is 6.07 Å². The minimum atomic E-state index is 0.154. The molecule has 3 fully saturated rings. The number of nitrogens with zero attached hydrogens (tertiary/aromatic N) is 4. The molecule has 3 heterocycles. The number of aryl methyl sites for hydroxylation is 1. The quantitative estimate of drug-likeness (QED) is 0.883. The molecular formula is C21H29N5O. The van der Waals surface area contributed by atoms with Gasteiger partial charge in [0.2, 0.25) is 5.91 Å². The summed E-state index contributed by atoms with van der Waals surface area (Å²) in [4.78, 5) is 21.8. The van der Waals surface area contributed by atoms with Crippen LogP contribution in [0.15, 0.2) is 12.1 Å². The van der Waals surface area contributed by atoms with Gasteiger partial charge in [-0.15, -0.1) is 0 Å². The number of hydrogen-bond acceptors (Lipinski definition) is 5. The summed E-state index contributed by atoms with van der Waals surface area (Å²) in [7, 11) is 0. The molecule has 0 aromatic carbocycles. The molecule has 1 aromatic heterocycles. The number of hydrogen-bond donors (Lipinski definition) is 1. The van der Waals surface area contributed by atoms with E-state index in [0.717, 1.165) is 76.2 Å². The highest BCUT2D eigenvalue weighted by Gasteiger charge is 2.34. The van der Waals surface area contributed by atoms with Crippen molar-refractivity contribution >= 4 is 11.7 Å². The van der Waals surface area contributed by atoms with E-state index in [2.05, 4.69) is 26.2 Å². The molecule has 0 radical (unpaired) electrons. The first kappa shape index (κ1) is 18.2. The Labute approximate surface area is 161 Å². The van der Waals surface area contributed by atoms with Crippen molar-refractivity contribution in [2.24, 2.45) is 5.92 Å². The molecule has 0 bridgehead atoms. The lowest BCUT2D eigenvalue weighted by molar-refractivity contribution is -0.127. The van der Waals surface area contributed by atoms with E-state index in [9.17, 15) is 10.1 Å². The van der Waals surface area contributed by atoms with Crippen molar-refractivity contribution in [1.82, 2.24) is 15.2 Å². The zero-order valence-corrected chi connectivity index (χ0v) is 16.2. The Bertz CT molecular complexity index is 731. The molecule has 6 nitrogen and oxygen atoms in total. The number of anilines is 1. The third kappa shape index (κ3) is 4.24. The van der Waals surface area contributed by atoms with E-state index in [1.54, 1.807) is 0 Å². The molecule has 1 atom stereocenters. The van der Waals surface area contributed by atoms with Gasteiger partial charge < -0.3 is 10.2 Å². The Morgan fingerprint density at radius 3 is 2.67 bits per heavy atom. The summed E-state index contributed by atoms with van der Waals surface area (Å²) in [5.74, 6) is 1.25. The summed E-state index contributed by atoms with van der Waals surface area (Å²) in [6.45, 7) is 5.81. The van der Waals surface area contributed by atoms with Crippen molar-refractivity contribution in [1.29, 1.82) is 5.26 Å². The minimum Gasteiger partial charge on any atom is -0.355 e. The number of nitrogens with one attached hydrogen (secondary N) is 1. The maximum absolute atomic E-state index is 12.4. The molecule has 1 N–H and O–H groups in total. The highest BCUT2D eigenvalue weighted by molar-refractivity contribution is 5.79. The topological polar surface area (TPSA) is 72.3 Å². The fourth-order valence-corrected chi connectivity index (χ4v) is 4.41. The maximum Gasteiger partial charge on any atom is 0.224 e. The highest BCUT2D eigenvalue weighted by atomic mass is 16.2. The second-order valence-corrected chi connectivity index (χ2v) is 8.27. The molecule has 0 spiro atoms. The number of piperidine rings is 2. The summed E-state index contributed by atoms with van der Waals surface area (Å²) in [6.07, 6.45) is 6.57. The molecule has 27 heavy (non-hydrogen) atoms. The summed E-state index contributed by atoms with van der Waals surface area (Å²) in [5, 5.41) is 12.6. The van der Waals surface area contributed by atoms with Crippen molar-refractivity contribution < 1.29 is 4.79 Å². The van der Waals surface area contributed by atoms with E-state index >= 15 is 0 Å². The van der Waals surface area contributed by atoms with Gasteiger partial charge in [-0.2, -0.15) is 5.26 Å². The second-order valence-electron chi connectivity index (χ2n) is 8.27. The number of carbonyl (C=O) groups is 1. The monoisotopic (exact) mass is 367 g/mol. The van der Waals surface area contributed by atoms with Crippen LogP contribution in [-0.2, 0) is 4.79 Å². The van der Waals surface area contributed by atoms with Gasteiger partial charge in [-0.25, -0.2) is 4.98 Å². The second kappa shape index (κ2) is 7.85. The molecule has 2 saturated heterocycles. The zero-order valence-electron chi connectivity index (χ0n) is 16.2. The summed E-state index contributed by atoms with van der Waals surface area (Å²) < 4.78 is 0. The Balaban J connectivity index is 1.34. The van der Waals surface area contributed by atoms with Gasteiger partial charge in [-0.1, -0.05) is 0 Å². The number of rotatable bonds is 4. The predicted octanol–water partition coefficient (Wildman–Crippen LogP) is 2.22. The van der Waals surface area contributed by atoms with Crippen LogP contribution in [-0.4, -0.2) is 54.1 Å². The molecule has 6 heteroatoms. The van der Waals surface area contributed by atoms with Gasteiger partial charge in [-0.3, -0.25) is 9.69 Å². The highest BCUT2D eigenvalue weighted by Crippen LogP contribution is 2.28. The van der Waals surface area contributed by atoms with Crippen LogP contribution in [0.4, 0.5) is 5.82 Å². The number of nitriles is 1. The van der Waals surface area contributed by atoms with Gasteiger partial charge in [0.05, 0.1) is 11.5 Å². The molecule has 0 unspecified atom stereocenters. The van der Waals surface area contributed by atoms with Crippen molar-refractivity contribution in [2.75, 3.05) is 31.1 Å². The number of aromatic nitrogens is 1. The molecule has 144 valence electrons. The van der Waals surface area contributed by atoms with Crippen LogP contribution in [0.5, 0.6) is 0 Å². The molecule has 1 saturated carbocycles. The normalized spacial score (nSPS) is 24.4. The molecule has 1 amide bonds. The average Bonchev–Trinajstić information content (AvgIpc) is 3.52. The first-order chi connectivity index (χ1) is 13.1. The van der Waals surface area contributed by atoms with E-state index in [1.807, 2.05) is 19.1 Å². The van der Waals surface area contributed by atoms with Crippen LogP contribution >= 0.6 is 0 Å². The Morgan fingerprint density at radius 2 is 1.96 bits per heavy atom. The lowest BCUT2D eigenvalue weighted by Crippen LogP contribution is -2.51. The van der Waals surface area contributed by atoms with Crippen molar-refractivity contribution in [3.63, 3.8) is 0 Å². The minimum absolute atomic E-state index is 0.154. The van der Waals surface area contributed by atoms with Gasteiger partial charge >= 0.3 is 0 Å². The molecule has 1 aromatic rings. The SMILES string of the molecule is Cc1ccc(C#N)c(N2CCC(N3CCC[C@@H](C(=O)NC4CC4)C3)CC2)n1. The Kier molecular flexibility index (Phi) is 5.31. The number of carbonyl (C=O) groups excluding carboxylic acids is 1. The van der Waals surface area contributed by atoms with Crippen LogP contribution < -0.4 is 10.2 Å². The van der Waals surface area contributed by atoms with E-state index in [4.69, 9.17) is 0 Å².